The van der Waals surface area contributed by atoms with Crippen LogP contribution >= 0.6 is 15.9 Å². The smallest absolute Gasteiger partial charge is 0.143 e. The second-order valence-electron chi connectivity index (χ2n) is 12.8. The summed E-state index contributed by atoms with van der Waals surface area (Å²) < 4.78 is 0.951. The summed E-state index contributed by atoms with van der Waals surface area (Å²) in [6.07, 6.45) is 13.4. The molecule has 3 fully saturated rings. The zero-order valence-corrected chi connectivity index (χ0v) is 24.9. The van der Waals surface area contributed by atoms with Gasteiger partial charge in [0.05, 0.1) is 11.4 Å². The Morgan fingerprint density at radius 1 is 1.19 bits per heavy atom. The van der Waals surface area contributed by atoms with Crippen molar-refractivity contribution in [3.63, 3.8) is 0 Å². The zero-order valence-electron chi connectivity index (χ0n) is 23.3. The summed E-state index contributed by atoms with van der Waals surface area (Å²) in [6, 6.07) is 2.02. The number of fused-ring (bicyclic) bond motifs is 5. The monoisotopic (exact) mass is 570 g/mol. The number of nitrogens with zero attached hydrogens (tertiary/aromatic N) is 4. The number of pyridine rings is 1. The summed E-state index contributed by atoms with van der Waals surface area (Å²) >= 11 is 3.47. The fourth-order valence-electron chi connectivity index (χ4n) is 8.79. The minimum absolute atomic E-state index is 0.106. The van der Waals surface area contributed by atoms with Crippen molar-refractivity contribution in [2.75, 3.05) is 14.1 Å². The number of oxime groups is 1. The molecular weight excluding hydrogens is 528 g/mol. The first-order chi connectivity index (χ1) is 17.5. The Morgan fingerprint density at radius 3 is 2.68 bits per heavy atom. The molecule has 0 amide bonds. The summed E-state index contributed by atoms with van der Waals surface area (Å²) in [5.41, 5.74) is 3.81. The van der Waals surface area contributed by atoms with Gasteiger partial charge < -0.3 is 15.0 Å². The first-order valence-electron chi connectivity index (χ1n) is 13.9. The van der Waals surface area contributed by atoms with Crippen LogP contribution in [0.2, 0.25) is 0 Å². The SMILES string of the molecule is C/C(=N/N(C)C)[C@@]1(O)CC[C@H]2[C@@H]3C[C@H](C)C4=C/C(=N/OCc5cncc(Br)c5)CC[C@]4(C)[C@H]3CC[C@@]21C. The van der Waals surface area contributed by atoms with Crippen LogP contribution in [0.25, 0.3) is 0 Å². The third-order valence-electron chi connectivity index (χ3n) is 10.6. The largest absolute Gasteiger partial charge is 0.391 e. The third-order valence-corrected chi connectivity index (χ3v) is 11.0. The zero-order chi connectivity index (χ0) is 26.6. The molecule has 4 aliphatic carbocycles. The molecule has 0 spiro atoms. The highest BCUT2D eigenvalue weighted by atomic mass is 79.9. The van der Waals surface area contributed by atoms with Crippen molar-refractivity contribution in [2.24, 2.45) is 44.8 Å². The molecule has 1 heterocycles. The summed E-state index contributed by atoms with van der Waals surface area (Å²) in [4.78, 5) is 9.96. The predicted molar refractivity (Wildman–Crippen MR) is 152 cm³/mol. The molecule has 0 radical (unpaired) electrons. The average Bonchev–Trinajstić information content (AvgIpc) is 3.11. The highest BCUT2D eigenvalue weighted by molar-refractivity contribution is 9.10. The quantitative estimate of drug-likeness (QED) is 0.320. The maximum Gasteiger partial charge on any atom is 0.143 e. The summed E-state index contributed by atoms with van der Waals surface area (Å²) in [5.74, 6) is 2.37. The summed E-state index contributed by atoms with van der Waals surface area (Å²) in [5, 5.41) is 23.1. The van der Waals surface area contributed by atoms with Crippen LogP contribution in [0.1, 0.15) is 78.2 Å². The number of aliphatic hydroxyl groups is 1. The lowest BCUT2D eigenvalue weighted by molar-refractivity contribution is -0.100. The molecule has 0 aromatic carbocycles. The van der Waals surface area contributed by atoms with Gasteiger partial charge in [-0.25, -0.2) is 0 Å². The van der Waals surface area contributed by atoms with Crippen molar-refractivity contribution in [3.05, 3.63) is 40.1 Å². The highest BCUT2D eigenvalue weighted by Crippen LogP contribution is 2.68. The van der Waals surface area contributed by atoms with Crippen LogP contribution in [0.5, 0.6) is 0 Å². The molecule has 202 valence electrons. The second-order valence-corrected chi connectivity index (χ2v) is 13.7. The fourth-order valence-corrected chi connectivity index (χ4v) is 9.20. The van der Waals surface area contributed by atoms with Gasteiger partial charge in [-0.15, -0.1) is 0 Å². The van der Waals surface area contributed by atoms with Gasteiger partial charge in [0.2, 0.25) is 0 Å². The number of allylic oxidation sites excluding steroid dienone is 2. The van der Waals surface area contributed by atoms with E-state index >= 15 is 0 Å². The molecule has 1 aromatic rings. The van der Waals surface area contributed by atoms with Crippen molar-refractivity contribution in [1.29, 1.82) is 0 Å². The van der Waals surface area contributed by atoms with Gasteiger partial charge in [0, 0.05) is 41.9 Å². The van der Waals surface area contributed by atoms with Crippen molar-refractivity contribution in [2.45, 2.75) is 84.8 Å². The van der Waals surface area contributed by atoms with Crippen molar-refractivity contribution in [1.82, 2.24) is 9.99 Å². The number of rotatable bonds is 5. The summed E-state index contributed by atoms with van der Waals surface area (Å²) in [7, 11) is 3.89. The molecule has 0 bridgehead atoms. The molecule has 0 saturated heterocycles. The number of hydrogen-bond donors (Lipinski definition) is 1. The van der Waals surface area contributed by atoms with E-state index in [0.29, 0.717) is 30.3 Å². The maximum atomic E-state index is 12.0. The molecule has 7 atom stereocenters. The molecule has 6 nitrogen and oxygen atoms in total. The van der Waals surface area contributed by atoms with Crippen LogP contribution < -0.4 is 0 Å². The van der Waals surface area contributed by atoms with E-state index in [9.17, 15) is 5.11 Å². The fraction of sp³-hybridized carbons (Fsp3) is 0.700. The minimum Gasteiger partial charge on any atom is -0.391 e. The molecular formula is C30H43BrN4O2. The third kappa shape index (κ3) is 4.48. The van der Waals surface area contributed by atoms with E-state index in [1.54, 1.807) is 11.8 Å². The highest BCUT2D eigenvalue weighted by Gasteiger charge is 2.65. The van der Waals surface area contributed by atoms with Crippen LogP contribution in [0.4, 0.5) is 0 Å². The Bertz CT molecular complexity index is 1130. The molecule has 0 aliphatic heterocycles. The number of hydrogen-bond acceptors (Lipinski definition) is 6. The number of hydrazone groups is 1. The van der Waals surface area contributed by atoms with Crippen molar-refractivity contribution in [3.8, 4) is 0 Å². The summed E-state index contributed by atoms with van der Waals surface area (Å²) in [6.45, 7) is 9.74. The van der Waals surface area contributed by atoms with Gasteiger partial charge in [-0.2, -0.15) is 5.10 Å². The van der Waals surface area contributed by atoms with E-state index in [1.165, 1.54) is 12.8 Å². The van der Waals surface area contributed by atoms with E-state index in [1.807, 2.05) is 38.3 Å². The molecule has 1 aromatic heterocycles. The Labute approximate surface area is 230 Å². The van der Waals surface area contributed by atoms with E-state index in [0.717, 1.165) is 53.6 Å². The molecule has 5 rings (SSSR count). The lowest BCUT2D eigenvalue weighted by Gasteiger charge is -2.60. The predicted octanol–water partition coefficient (Wildman–Crippen LogP) is 6.59. The first kappa shape index (κ1) is 26.9. The van der Waals surface area contributed by atoms with Crippen LogP contribution in [0.3, 0.4) is 0 Å². The van der Waals surface area contributed by atoms with Crippen LogP contribution in [0, 0.1) is 34.5 Å². The minimum atomic E-state index is -0.805. The maximum absolute atomic E-state index is 12.0. The number of aromatic nitrogens is 1. The Morgan fingerprint density at radius 2 is 1.95 bits per heavy atom. The van der Waals surface area contributed by atoms with Crippen molar-refractivity contribution < 1.29 is 9.94 Å². The lowest BCUT2D eigenvalue weighted by atomic mass is 9.44. The number of halogens is 1. The Kier molecular flexibility index (Phi) is 7.10. The van der Waals surface area contributed by atoms with E-state index in [2.05, 4.69) is 58.0 Å². The van der Waals surface area contributed by atoms with Gasteiger partial charge in [-0.1, -0.05) is 31.5 Å². The first-order valence-corrected chi connectivity index (χ1v) is 14.7. The lowest BCUT2D eigenvalue weighted by Crippen LogP contribution is -2.58. The average molecular weight is 572 g/mol. The van der Waals surface area contributed by atoms with Crippen molar-refractivity contribution >= 4 is 27.4 Å². The molecule has 1 N–H and O–H groups in total. The van der Waals surface area contributed by atoms with Gasteiger partial charge >= 0.3 is 0 Å². The van der Waals surface area contributed by atoms with Gasteiger partial charge in [0.1, 0.15) is 12.2 Å². The van der Waals surface area contributed by atoms with E-state index in [4.69, 9.17) is 4.84 Å². The molecule has 3 saturated carbocycles. The Balaban J connectivity index is 1.36. The molecule has 7 heteroatoms. The van der Waals surface area contributed by atoms with Crippen LogP contribution in [0.15, 0.2) is 44.8 Å². The van der Waals surface area contributed by atoms with E-state index in [-0.39, 0.29) is 10.8 Å². The Hall–Kier alpha value is -1.73. The van der Waals surface area contributed by atoms with Gasteiger partial charge in [0.25, 0.3) is 0 Å². The van der Waals surface area contributed by atoms with Gasteiger partial charge in [-0.05, 0) is 109 Å². The molecule has 4 aliphatic rings. The topological polar surface area (TPSA) is 70.3 Å². The van der Waals surface area contributed by atoms with Gasteiger partial charge in [0.15, 0.2) is 0 Å². The normalized spacial score (nSPS) is 40.5. The van der Waals surface area contributed by atoms with Crippen LogP contribution in [-0.2, 0) is 11.4 Å². The van der Waals surface area contributed by atoms with Gasteiger partial charge in [-0.3, -0.25) is 4.98 Å². The standard InChI is InChI=1S/C30H43BrN4O2/c1-19-13-24-25(8-11-29(4)26(24)9-12-30(29,36)20(2)33-35(5)6)28(3)10-7-23(15-27(19)28)34-37-18-21-14-22(31)17-32-16-21/h14-17,19,24-26,36H,7-13,18H2,1-6H3/b33-20-,34-23+/t19-,24+,25-,26-,28+,29-,30-/m0/s1. The second kappa shape index (κ2) is 9.78. The molecule has 37 heavy (non-hydrogen) atoms. The van der Waals surface area contributed by atoms with Crippen LogP contribution in [-0.4, -0.2) is 46.2 Å². The molecule has 0 unspecified atom stereocenters. The van der Waals surface area contributed by atoms with E-state index < -0.39 is 5.60 Å².